The molecule has 3 aromatic rings. The number of carbonyl (C=O) groups excluding carboxylic acids is 1. The zero-order valence-electron chi connectivity index (χ0n) is 21.4. The Bertz CT molecular complexity index is 1390. The van der Waals surface area contributed by atoms with E-state index in [1.807, 2.05) is 73.7 Å². The number of thioether (sulfide) groups is 1. The van der Waals surface area contributed by atoms with Crippen LogP contribution in [0.3, 0.4) is 0 Å². The highest BCUT2D eigenvalue weighted by Crippen LogP contribution is 2.36. The molecule has 0 N–H and O–H groups in total. The lowest BCUT2D eigenvalue weighted by Crippen LogP contribution is -2.32. The molecule has 0 unspecified atom stereocenters. The quantitative estimate of drug-likeness (QED) is 0.314. The highest BCUT2D eigenvalue weighted by molar-refractivity contribution is 8.18. The summed E-state index contributed by atoms with van der Waals surface area (Å²) in [6.07, 6.45) is 1.86. The van der Waals surface area contributed by atoms with Gasteiger partial charge in [-0.15, -0.1) is 0 Å². The minimum absolute atomic E-state index is 0.0584. The van der Waals surface area contributed by atoms with Gasteiger partial charge in [-0.05, 0) is 66.6 Å². The first-order valence-electron chi connectivity index (χ1n) is 12.0. The maximum Gasteiger partial charge on any atom is 0.266 e. The Balaban J connectivity index is 1.58. The summed E-state index contributed by atoms with van der Waals surface area (Å²) < 4.78 is 11.5. The maximum absolute atomic E-state index is 13.3. The topological polar surface area (TPSA) is 74.9 Å². The second kappa shape index (κ2) is 11.8. The lowest BCUT2D eigenvalue weighted by atomic mass is 10.1. The van der Waals surface area contributed by atoms with Crippen molar-refractivity contribution in [2.24, 2.45) is 10.9 Å². The lowest BCUT2D eigenvalue weighted by Gasteiger charge is -2.17. The number of methoxy groups -OCH3 is 1. The molecule has 0 aliphatic carbocycles. The first-order valence-corrected chi connectivity index (χ1v) is 12.8. The monoisotopic (exact) mass is 511 g/mol. The predicted molar refractivity (Wildman–Crippen MR) is 149 cm³/mol. The Morgan fingerprint density at radius 2 is 1.84 bits per heavy atom. The number of nitriles is 1. The molecule has 7 heteroatoms. The van der Waals surface area contributed by atoms with Crippen molar-refractivity contribution in [3.8, 4) is 17.6 Å². The summed E-state index contributed by atoms with van der Waals surface area (Å²) in [5.41, 5.74) is 4.18. The molecule has 1 fully saturated rings. The third-order valence-corrected chi connectivity index (χ3v) is 6.71. The molecule has 1 aliphatic heterocycles. The third kappa shape index (κ3) is 6.41. The van der Waals surface area contributed by atoms with Gasteiger partial charge in [0, 0.05) is 12.1 Å². The SMILES string of the molecule is COc1cc(/C=C2/SC(=Nc3ccc(C)cc3)N(CC(C)C)C2=O)ccc1OCc1ccccc1C#N. The van der Waals surface area contributed by atoms with Crippen molar-refractivity contribution < 1.29 is 14.3 Å². The van der Waals surface area contributed by atoms with Crippen LogP contribution in [0.25, 0.3) is 6.08 Å². The summed E-state index contributed by atoms with van der Waals surface area (Å²) in [5.74, 6) is 1.35. The molecule has 0 radical (unpaired) electrons. The fourth-order valence-electron chi connectivity index (χ4n) is 3.80. The van der Waals surface area contributed by atoms with Gasteiger partial charge < -0.3 is 9.47 Å². The van der Waals surface area contributed by atoms with Crippen LogP contribution in [0.15, 0.2) is 76.6 Å². The minimum Gasteiger partial charge on any atom is -0.493 e. The number of rotatable bonds is 8. The largest absolute Gasteiger partial charge is 0.493 e. The van der Waals surface area contributed by atoms with Crippen molar-refractivity contribution in [3.05, 3.63) is 93.9 Å². The minimum atomic E-state index is -0.0584. The second-order valence-electron chi connectivity index (χ2n) is 9.12. The van der Waals surface area contributed by atoms with E-state index >= 15 is 0 Å². The summed E-state index contributed by atoms with van der Waals surface area (Å²) in [7, 11) is 1.58. The van der Waals surface area contributed by atoms with E-state index in [0.29, 0.717) is 39.6 Å². The van der Waals surface area contributed by atoms with E-state index < -0.39 is 0 Å². The molecule has 188 valence electrons. The fourth-order valence-corrected chi connectivity index (χ4v) is 4.81. The first-order chi connectivity index (χ1) is 17.9. The molecular formula is C30H29N3O3S. The van der Waals surface area contributed by atoms with Crippen molar-refractivity contribution in [1.82, 2.24) is 4.90 Å². The molecular weight excluding hydrogens is 482 g/mol. The van der Waals surface area contributed by atoms with E-state index in [0.717, 1.165) is 22.4 Å². The fraction of sp³-hybridized carbons (Fsp3) is 0.233. The van der Waals surface area contributed by atoms with E-state index in [1.54, 1.807) is 18.1 Å². The molecule has 3 aromatic carbocycles. The average Bonchev–Trinajstić information content (AvgIpc) is 3.17. The number of hydrogen-bond acceptors (Lipinski definition) is 6. The molecule has 37 heavy (non-hydrogen) atoms. The zero-order valence-corrected chi connectivity index (χ0v) is 22.2. The van der Waals surface area contributed by atoms with Crippen molar-refractivity contribution in [2.45, 2.75) is 27.4 Å². The van der Waals surface area contributed by atoms with Crippen LogP contribution < -0.4 is 9.47 Å². The summed E-state index contributed by atoms with van der Waals surface area (Å²) in [4.78, 5) is 20.4. The molecule has 0 bridgehead atoms. The zero-order chi connectivity index (χ0) is 26.4. The normalized spacial score (nSPS) is 15.5. The lowest BCUT2D eigenvalue weighted by molar-refractivity contribution is -0.122. The van der Waals surface area contributed by atoms with Gasteiger partial charge in [0.25, 0.3) is 5.91 Å². The van der Waals surface area contributed by atoms with Crippen molar-refractivity contribution in [1.29, 1.82) is 5.26 Å². The van der Waals surface area contributed by atoms with Crippen LogP contribution in [-0.2, 0) is 11.4 Å². The second-order valence-corrected chi connectivity index (χ2v) is 10.1. The molecule has 6 nitrogen and oxygen atoms in total. The van der Waals surface area contributed by atoms with Crippen LogP contribution in [0.5, 0.6) is 11.5 Å². The number of ether oxygens (including phenoxy) is 2. The Kier molecular flexibility index (Phi) is 8.32. The number of amidine groups is 1. The molecule has 0 aromatic heterocycles. The molecule has 1 aliphatic rings. The molecule has 1 amide bonds. The van der Waals surface area contributed by atoms with Crippen LogP contribution in [0.2, 0.25) is 0 Å². The van der Waals surface area contributed by atoms with Gasteiger partial charge in [-0.3, -0.25) is 9.69 Å². The van der Waals surface area contributed by atoms with Crippen LogP contribution in [0.1, 0.15) is 36.1 Å². The Hall–Kier alpha value is -4.02. The van der Waals surface area contributed by atoms with Gasteiger partial charge in [-0.25, -0.2) is 4.99 Å². The van der Waals surface area contributed by atoms with Crippen molar-refractivity contribution in [2.75, 3.05) is 13.7 Å². The summed E-state index contributed by atoms with van der Waals surface area (Å²) in [6, 6.07) is 23.0. The molecule has 4 rings (SSSR count). The van der Waals surface area contributed by atoms with E-state index in [2.05, 4.69) is 19.9 Å². The van der Waals surface area contributed by atoms with Gasteiger partial charge in [0.1, 0.15) is 6.61 Å². The summed E-state index contributed by atoms with van der Waals surface area (Å²) in [6.45, 7) is 7.04. The number of amides is 1. The number of aliphatic imine (C=N–C) groups is 1. The molecule has 0 atom stereocenters. The van der Waals surface area contributed by atoms with Gasteiger partial charge in [-0.2, -0.15) is 5.26 Å². The maximum atomic E-state index is 13.3. The molecule has 0 saturated carbocycles. The average molecular weight is 512 g/mol. The molecule has 0 spiro atoms. The van der Waals surface area contributed by atoms with Crippen LogP contribution in [-0.4, -0.2) is 29.6 Å². The number of aryl methyl sites for hydroxylation is 1. The summed E-state index contributed by atoms with van der Waals surface area (Å²) in [5, 5.41) is 9.99. The van der Waals surface area contributed by atoms with Gasteiger partial charge in [0.15, 0.2) is 16.7 Å². The summed E-state index contributed by atoms with van der Waals surface area (Å²) >= 11 is 1.38. The molecule has 1 heterocycles. The number of carbonyl (C=O) groups is 1. The van der Waals surface area contributed by atoms with Gasteiger partial charge in [0.2, 0.25) is 0 Å². The van der Waals surface area contributed by atoms with Crippen molar-refractivity contribution >= 4 is 34.6 Å². The Morgan fingerprint density at radius 1 is 1.08 bits per heavy atom. The Labute approximate surface area is 222 Å². The van der Waals surface area contributed by atoms with Gasteiger partial charge in [0.05, 0.1) is 29.3 Å². The predicted octanol–water partition coefficient (Wildman–Crippen LogP) is 6.71. The Morgan fingerprint density at radius 3 is 2.54 bits per heavy atom. The standard InChI is InChI=1S/C30H29N3O3S/c1-20(2)18-33-29(34)28(37-30(33)32-25-12-9-21(3)10-13-25)16-22-11-14-26(27(15-22)35-4)36-19-24-8-6-5-7-23(24)17-31/h5-16,20H,18-19H2,1-4H3/b28-16+,32-30?. The van der Waals surface area contributed by atoms with E-state index in [1.165, 1.54) is 11.8 Å². The van der Waals surface area contributed by atoms with Crippen molar-refractivity contribution in [3.63, 3.8) is 0 Å². The van der Waals surface area contributed by atoms with E-state index in [4.69, 9.17) is 14.5 Å². The molecule has 1 saturated heterocycles. The highest BCUT2D eigenvalue weighted by atomic mass is 32.2. The smallest absolute Gasteiger partial charge is 0.266 e. The third-order valence-electron chi connectivity index (χ3n) is 5.70. The highest BCUT2D eigenvalue weighted by Gasteiger charge is 2.33. The number of benzene rings is 3. The number of hydrogen-bond donors (Lipinski definition) is 0. The van der Waals surface area contributed by atoms with E-state index in [-0.39, 0.29) is 12.5 Å². The number of nitrogens with zero attached hydrogens (tertiary/aromatic N) is 3. The first kappa shape index (κ1) is 26.1. The van der Waals surface area contributed by atoms with Crippen LogP contribution in [0.4, 0.5) is 5.69 Å². The van der Waals surface area contributed by atoms with Crippen LogP contribution >= 0.6 is 11.8 Å². The van der Waals surface area contributed by atoms with E-state index in [9.17, 15) is 10.1 Å². The van der Waals surface area contributed by atoms with Gasteiger partial charge >= 0.3 is 0 Å². The van der Waals surface area contributed by atoms with Crippen LogP contribution in [0, 0.1) is 24.2 Å². The van der Waals surface area contributed by atoms with Gasteiger partial charge in [-0.1, -0.05) is 55.8 Å².